The summed E-state index contributed by atoms with van der Waals surface area (Å²) in [6.07, 6.45) is 2.23. The van der Waals surface area contributed by atoms with Crippen molar-refractivity contribution in [3.8, 4) is 0 Å². The fourth-order valence-electron chi connectivity index (χ4n) is 1.89. The van der Waals surface area contributed by atoms with Crippen molar-refractivity contribution >= 4 is 11.8 Å². The first-order chi connectivity index (χ1) is 9.21. The molecule has 0 aliphatic carbocycles. The molecule has 108 valence electrons. The SMILES string of the molecule is CCCNC(CSC(C)CO)c1ccc(CC)cc1. The quantitative estimate of drug-likeness (QED) is 0.727. The third kappa shape index (κ3) is 5.98. The maximum Gasteiger partial charge on any atom is 0.0547 e. The van der Waals surface area contributed by atoms with Crippen molar-refractivity contribution in [2.45, 2.75) is 44.9 Å². The zero-order valence-corrected chi connectivity index (χ0v) is 13.2. The Hall–Kier alpha value is -0.510. The van der Waals surface area contributed by atoms with Crippen LogP contribution in [0.3, 0.4) is 0 Å². The number of aryl methyl sites for hydroxylation is 1. The first-order valence-corrected chi connectivity index (χ1v) is 8.30. The molecule has 0 bridgehead atoms. The second-order valence-electron chi connectivity index (χ2n) is 4.93. The predicted molar refractivity (Wildman–Crippen MR) is 85.9 cm³/mol. The third-order valence-electron chi connectivity index (χ3n) is 3.24. The van der Waals surface area contributed by atoms with Gasteiger partial charge in [-0.25, -0.2) is 0 Å². The van der Waals surface area contributed by atoms with Crippen LogP contribution in [-0.2, 0) is 6.42 Å². The van der Waals surface area contributed by atoms with Gasteiger partial charge in [-0.1, -0.05) is 45.0 Å². The number of hydrogen-bond acceptors (Lipinski definition) is 3. The van der Waals surface area contributed by atoms with E-state index < -0.39 is 0 Å². The van der Waals surface area contributed by atoms with Crippen molar-refractivity contribution in [3.05, 3.63) is 35.4 Å². The zero-order chi connectivity index (χ0) is 14.1. The second kappa shape index (κ2) is 9.40. The summed E-state index contributed by atoms with van der Waals surface area (Å²) >= 11 is 1.83. The van der Waals surface area contributed by atoms with E-state index in [0.717, 1.165) is 25.1 Å². The van der Waals surface area contributed by atoms with Crippen LogP contribution in [0.25, 0.3) is 0 Å². The van der Waals surface area contributed by atoms with Crippen LogP contribution in [-0.4, -0.2) is 29.3 Å². The molecule has 0 radical (unpaired) electrons. The van der Waals surface area contributed by atoms with Crippen molar-refractivity contribution < 1.29 is 5.11 Å². The van der Waals surface area contributed by atoms with Crippen LogP contribution < -0.4 is 5.32 Å². The van der Waals surface area contributed by atoms with Gasteiger partial charge in [0.05, 0.1) is 6.61 Å². The average molecular weight is 281 g/mol. The molecule has 1 aromatic carbocycles. The lowest BCUT2D eigenvalue weighted by Crippen LogP contribution is -2.25. The fraction of sp³-hybridized carbons (Fsp3) is 0.625. The Morgan fingerprint density at radius 3 is 2.42 bits per heavy atom. The lowest BCUT2D eigenvalue weighted by molar-refractivity contribution is 0.300. The van der Waals surface area contributed by atoms with E-state index >= 15 is 0 Å². The molecule has 3 heteroatoms. The van der Waals surface area contributed by atoms with Crippen LogP contribution in [0.4, 0.5) is 0 Å². The number of aliphatic hydroxyl groups is 1. The minimum atomic E-state index is 0.250. The van der Waals surface area contributed by atoms with E-state index in [9.17, 15) is 0 Å². The van der Waals surface area contributed by atoms with Gasteiger partial charge in [0.2, 0.25) is 0 Å². The van der Waals surface area contributed by atoms with Gasteiger partial charge in [-0.3, -0.25) is 0 Å². The summed E-state index contributed by atoms with van der Waals surface area (Å²) in [4.78, 5) is 0. The molecule has 0 saturated heterocycles. The second-order valence-corrected chi connectivity index (χ2v) is 6.40. The van der Waals surface area contributed by atoms with Gasteiger partial charge in [0.15, 0.2) is 0 Å². The van der Waals surface area contributed by atoms with Crippen molar-refractivity contribution in [3.63, 3.8) is 0 Å². The van der Waals surface area contributed by atoms with E-state index in [1.54, 1.807) is 0 Å². The van der Waals surface area contributed by atoms with E-state index in [1.807, 2.05) is 11.8 Å². The smallest absolute Gasteiger partial charge is 0.0547 e. The molecular weight excluding hydrogens is 254 g/mol. The van der Waals surface area contributed by atoms with Gasteiger partial charge in [-0.15, -0.1) is 0 Å². The first kappa shape index (κ1) is 16.5. The normalized spacial score (nSPS) is 14.3. The molecule has 2 atom stereocenters. The zero-order valence-electron chi connectivity index (χ0n) is 12.4. The molecule has 1 aromatic rings. The largest absolute Gasteiger partial charge is 0.395 e. The molecule has 0 heterocycles. The maximum absolute atomic E-state index is 9.12. The van der Waals surface area contributed by atoms with Crippen molar-refractivity contribution in [1.29, 1.82) is 0 Å². The van der Waals surface area contributed by atoms with Gasteiger partial charge in [-0.05, 0) is 30.5 Å². The molecule has 2 N–H and O–H groups in total. The standard InChI is InChI=1S/C16H27NOS/c1-4-10-17-16(12-19-13(3)11-18)15-8-6-14(5-2)7-9-15/h6-9,13,16-18H,4-5,10-12H2,1-3H3. The highest BCUT2D eigenvalue weighted by atomic mass is 32.2. The fourth-order valence-corrected chi connectivity index (χ4v) is 2.83. The summed E-state index contributed by atoms with van der Waals surface area (Å²) in [5, 5.41) is 13.0. The molecule has 1 rings (SSSR count). The lowest BCUT2D eigenvalue weighted by Gasteiger charge is -2.20. The molecule has 0 saturated carbocycles. The topological polar surface area (TPSA) is 32.3 Å². The number of nitrogens with one attached hydrogen (secondary N) is 1. The first-order valence-electron chi connectivity index (χ1n) is 7.25. The highest BCUT2D eigenvalue weighted by Gasteiger charge is 2.12. The molecule has 0 aliphatic rings. The summed E-state index contributed by atoms with van der Waals surface area (Å²) in [5.74, 6) is 1.01. The van der Waals surface area contributed by atoms with E-state index in [4.69, 9.17) is 5.11 Å². The van der Waals surface area contributed by atoms with Crippen molar-refractivity contribution in [2.75, 3.05) is 18.9 Å². The summed E-state index contributed by atoms with van der Waals surface area (Å²) in [5.41, 5.74) is 2.73. The number of rotatable bonds is 9. The van der Waals surface area contributed by atoms with Crippen LogP contribution in [0, 0.1) is 0 Å². The summed E-state index contributed by atoms with van der Waals surface area (Å²) < 4.78 is 0. The Morgan fingerprint density at radius 2 is 1.89 bits per heavy atom. The molecule has 2 nitrogen and oxygen atoms in total. The van der Waals surface area contributed by atoms with Gasteiger partial charge in [0.25, 0.3) is 0 Å². The summed E-state index contributed by atoms with van der Waals surface area (Å²) in [7, 11) is 0. The Labute approximate surface area is 122 Å². The Kier molecular flexibility index (Phi) is 8.19. The average Bonchev–Trinajstić information content (AvgIpc) is 2.47. The highest BCUT2D eigenvalue weighted by Crippen LogP contribution is 2.22. The molecule has 0 amide bonds. The van der Waals surface area contributed by atoms with Gasteiger partial charge in [-0.2, -0.15) is 11.8 Å². The third-order valence-corrected chi connectivity index (χ3v) is 4.48. The van der Waals surface area contributed by atoms with Gasteiger partial charge >= 0.3 is 0 Å². The van der Waals surface area contributed by atoms with Crippen LogP contribution in [0.5, 0.6) is 0 Å². The monoisotopic (exact) mass is 281 g/mol. The van der Waals surface area contributed by atoms with Crippen LogP contribution >= 0.6 is 11.8 Å². The minimum Gasteiger partial charge on any atom is -0.395 e. The molecule has 0 spiro atoms. The van der Waals surface area contributed by atoms with E-state index in [0.29, 0.717) is 11.3 Å². The van der Waals surface area contributed by atoms with Gasteiger partial charge < -0.3 is 10.4 Å². The van der Waals surface area contributed by atoms with Crippen LogP contribution in [0.2, 0.25) is 0 Å². The number of aliphatic hydroxyl groups excluding tert-OH is 1. The number of thioether (sulfide) groups is 1. The Balaban J connectivity index is 2.65. The number of hydrogen-bond donors (Lipinski definition) is 2. The van der Waals surface area contributed by atoms with Crippen LogP contribution in [0.15, 0.2) is 24.3 Å². The summed E-state index contributed by atoms with van der Waals surface area (Å²) in [6.45, 7) is 7.73. The molecule has 2 unspecified atom stereocenters. The van der Waals surface area contributed by atoms with Gasteiger partial charge in [0.1, 0.15) is 0 Å². The highest BCUT2D eigenvalue weighted by molar-refractivity contribution is 7.99. The Bertz CT molecular complexity index is 339. The van der Waals surface area contributed by atoms with E-state index in [1.165, 1.54) is 11.1 Å². The number of benzene rings is 1. The van der Waals surface area contributed by atoms with Crippen LogP contribution in [0.1, 0.15) is 44.4 Å². The Morgan fingerprint density at radius 1 is 1.21 bits per heavy atom. The molecule has 0 aliphatic heterocycles. The van der Waals surface area contributed by atoms with Crippen molar-refractivity contribution in [2.24, 2.45) is 0 Å². The summed E-state index contributed by atoms with van der Waals surface area (Å²) in [6, 6.07) is 9.28. The molecule has 0 aromatic heterocycles. The molecule has 19 heavy (non-hydrogen) atoms. The molecule has 0 fully saturated rings. The predicted octanol–water partition coefficient (Wildman–Crippen LogP) is 3.40. The van der Waals surface area contributed by atoms with E-state index in [-0.39, 0.29) is 6.61 Å². The lowest BCUT2D eigenvalue weighted by atomic mass is 10.0. The van der Waals surface area contributed by atoms with Crippen molar-refractivity contribution in [1.82, 2.24) is 5.32 Å². The van der Waals surface area contributed by atoms with E-state index in [2.05, 4.69) is 50.4 Å². The van der Waals surface area contributed by atoms with Gasteiger partial charge in [0, 0.05) is 17.0 Å². The minimum absolute atomic E-state index is 0.250. The molecular formula is C16H27NOS. The maximum atomic E-state index is 9.12.